The van der Waals surface area contributed by atoms with Crippen LogP contribution in [0.1, 0.15) is 38.5 Å². The first-order valence-electron chi connectivity index (χ1n) is 8.78. The molecule has 25 heavy (non-hydrogen) atoms. The number of carbonyl (C=O) groups is 1. The highest BCUT2D eigenvalue weighted by Crippen LogP contribution is 2.28. The van der Waals surface area contributed by atoms with Crippen LogP contribution in [-0.4, -0.2) is 41.4 Å². The number of carbonyl (C=O) groups excluding carboxylic acids is 1. The van der Waals surface area contributed by atoms with Crippen LogP contribution in [0.4, 0.5) is 0 Å². The zero-order valence-electron chi connectivity index (χ0n) is 14.9. The zero-order valence-corrected chi connectivity index (χ0v) is 16.5. The maximum Gasteiger partial charge on any atom is 0.224 e. The number of halogens is 1. The summed E-state index contributed by atoms with van der Waals surface area (Å²) in [6.07, 6.45) is 1.51. The van der Waals surface area contributed by atoms with Crippen molar-refractivity contribution >= 4 is 41.0 Å². The van der Waals surface area contributed by atoms with E-state index in [0.29, 0.717) is 12.5 Å². The number of rotatable bonds is 6. The highest BCUT2D eigenvalue weighted by molar-refractivity contribution is 7.99. The van der Waals surface area contributed by atoms with E-state index in [0.717, 1.165) is 47.7 Å². The fraction of sp³-hybridized carbons (Fsp3) is 0.526. The third kappa shape index (κ3) is 4.93. The fourth-order valence-corrected chi connectivity index (χ4v) is 4.17. The summed E-state index contributed by atoms with van der Waals surface area (Å²) < 4.78 is 5.98. The molecule has 4 nitrogen and oxygen atoms in total. The highest BCUT2D eigenvalue weighted by Gasteiger charge is 2.26. The molecule has 3 rings (SSSR count). The summed E-state index contributed by atoms with van der Waals surface area (Å²) in [6.45, 7) is 5.93. The summed E-state index contributed by atoms with van der Waals surface area (Å²) >= 11 is 1.93. The van der Waals surface area contributed by atoms with Gasteiger partial charge < -0.3 is 14.6 Å². The number of hydrogen-bond acceptors (Lipinski definition) is 4. The number of para-hydroxylation sites is 1. The molecule has 0 spiro atoms. The molecule has 2 aromatic rings. The molecular weight excluding hydrogens is 356 g/mol. The maximum absolute atomic E-state index is 12.9. The molecule has 2 atom stereocenters. The molecule has 1 fully saturated rings. The fourth-order valence-electron chi connectivity index (χ4n) is 3.22. The molecule has 1 N–H and O–H groups in total. The van der Waals surface area contributed by atoms with Crippen LogP contribution in [0.15, 0.2) is 34.7 Å². The van der Waals surface area contributed by atoms with Gasteiger partial charge in [0.25, 0.3) is 0 Å². The summed E-state index contributed by atoms with van der Waals surface area (Å²) in [5.74, 6) is 3.23. The molecule has 0 bridgehead atoms. The van der Waals surface area contributed by atoms with Gasteiger partial charge in [-0.3, -0.25) is 4.79 Å². The minimum atomic E-state index is -0.0407. The van der Waals surface area contributed by atoms with E-state index >= 15 is 0 Å². The van der Waals surface area contributed by atoms with Crippen molar-refractivity contribution in [3.63, 3.8) is 0 Å². The van der Waals surface area contributed by atoms with Gasteiger partial charge in [-0.2, -0.15) is 11.8 Å². The lowest BCUT2D eigenvalue weighted by Gasteiger charge is -2.30. The molecule has 0 radical (unpaired) electrons. The molecular formula is C19H27ClN2O2S. The van der Waals surface area contributed by atoms with Crippen molar-refractivity contribution in [1.82, 2.24) is 10.2 Å². The summed E-state index contributed by atoms with van der Waals surface area (Å²) in [5.41, 5.74) is 0.883. The molecule has 0 aliphatic carbocycles. The predicted octanol–water partition coefficient (Wildman–Crippen LogP) is 4.25. The van der Waals surface area contributed by atoms with Crippen molar-refractivity contribution in [1.29, 1.82) is 0 Å². The summed E-state index contributed by atoms with van der Waals surface area (Å²) in [4.78, 5) is 14.8. The van der Waals surface area contributed by atoms with E-state index in [1.165, 1.54) is 0 Å². The van der Waals surface area contributed by atoms with Gasteiger partial charge in [-0.25, -0.2) is 0 Å². The van der Waals surface area contributed by atoms with Gasteiger partial charge >= 0.3 is 0 Å². The van der Waals surface area contributed by atoms with Crippen LogP contribution in [0.2, 0.25) is 0 Å². The Morgan fingerprint density at radius 1 is 1.44 bits per heavy atom. The Hall–Kier alpha value is -1.17. The first-order valence-corrected chi connectivity index (χ1v) is 9.93. The van der Waals surface area contributed by atoms with Crippen LogP contribution in [0.3, 0.4) is 0 Å². The number of hydrogen-bond donors (Lipinski definition) is 1. The number of thioether (sulfide) groups is 1. The van der Waals surface area contributed by atoms with Crippen LogP contribution < -0.4 is 5.32 Å². The van der Waals surface area contributed by atoms with E-state index in [9.17, 15) is 4.79 Å². The molecule has 6 heteroatoms. The molecule has 1 aliphatic rings. The standard InChI is InChI=1S/C19H26N2O2S.ClH/c1-3-9-21(19(22)12-16-13-24-10-8-20-16)14(2)18-11-15-6-4-5-7-17(15)23-18;/h4-7,11,14,16,20H,3,8-10,12-13H2,1-2H3;1H. The topological polar surface area (TPSA) is 45.5 Å². The Balaban J connectivity index is 0.00000225. The summed E-state index contributed by atoms with van der Waals surface area (Å²) in [6, 6.07) is 10.3. The predicted molar refractivity (Wildman–Crippen MR) is 108 cm³/mol. The quantitative estimate of drug-likeness (QED) is 0.811. The van der Waals surface area contributed by atoms with Crippen molar-refractivity contribution in [2.75, 3.05) is 24.6 Å². The molecule has 1 amide bonds. The van der Waals surface area contributed by atoms with Crippen LogP contribution in [-0.2, 0) is 4.79 Å². The van der Waals surface area contributed by atoms with Gasteiger partial charge in [0.1, 0.15) is 11.3 Å². The van der Waals surface area contributed by atoms with Crippen molar-refractivity contribution < 1.29 is 9.21 Å². The minimum absolute atomic E-state index is 0. The molecule has 1 aromatic heterocycles. The molecule has 1 aliphatic heterocycles. The van der Waals surface area contributed by atoms with Crippen LogP contribution in [0.25, 0.3) is 11.0 Å². The minimum Gasteiger partial charge on any atom is -0.459 e. The van der Waals surface area contributed by atoms with E-state index in [1.807, 2.05) is 40.9 Å². The maximum atomic E-state index is 12.9. The van der Waals surface area contributed by atoms with Gasteiger partial charge in [0.15, 0.2) is 0 Å². The monoisotopic (exact) mass is 382 g/mol. The second-order valence-electron chi connectivity index (χ2n) is 6.38. The largest absolute Gasteiger partial charge is 0.459 e. The summed E-state index contributed by atoms with van der Waals surface area (Å²) in [5, 5.41) is 4.55. The number of nitrogens with one attached hydrogen (secondary N) is 1. The number of amides is 1. The molecule has 2 heterocycles. The molecule has 2 unspecified atom stereocenters. The first kappa shape index (κ1) is 20.1. The number of nitrogens with zero attached hydrogens (tertiary/aromatic N) is 1. The molecule has 1 saturated heterocycles. The van der Waals surface area contributed by atoms with Gasteiger partial charge in [0, 0.05) is 42.4 Å². The van der Waals surface area contributed by atoms with E-state index in [-0.39, 0.29) is 24.4 Å². The number of benzene rings is 1. The van der Waals surface area contributed by atoms with Crippen LogP contribution in [0, 0.1) is 0 Å². The molecule has 0 saturated carbocycles. The van der Waals surface area contributed by atoms with Crippen LogP contribution in [0.5, 0.6) is 0 Å². The Kier molecular flexibility index (Phi) is 7.66. The van der Waals surface area contributed by atoms with E-state index < -0.39 is 0 Å². The normalized spacial score (nSPS) is 18.6. The van der Waals surface area contributed by atoms with Crippen molar-refractivity contribution in [2.24, 2.45) is 0 Å². The lowest BCUT2D eigenvalue weighted by Crippen LogP contribution is -2.43. The Labute approximate surface area is 160 Å². The number of fused-ring (bicyclic) bond motifs is 1. The number of furan rings is 1. The third-order valence-corrected chi connectivity index (χ3v) is 5.66. The van der Waals surface area contributed by atoms with E-state index in [4.69, 9.17) is 4.42 Å². The average Bonchev–Trinajstić information content (AvgIpc) is 3.04. The van der Waals surface area contributed by atoms with Gasteiger partial charge in [-0.05, 0) is 25.5 Å². The SMILES string of the molecule is CCCN(C(=O)CC1CSCCN1)C(C)c1cc2ccccc2o1.Cl. The van der Waals surface area contributed by atoms with E-state index in [1.54, 1.807) is 0 Å². The zero-order chi connectivity index (χ0) is 16.9. The lowest BCUT2D eigenvalue weighted by molar-refractivity contribution is -0.134. The Morgan fingerprint density at radius 3 is 2.92 bits per heavy atom. The Morgan fingerprint density at radius 2 is 2.24 bits per heavy atom. The van der Waals surface area contributed by atoms with Gasteiger partial charge in [0.05, 0.1) is 6.04 Å². The third-order valence-electron chi connectivity index (χ3n) is 4.53. The Bertz CT molecular complexity index is 652. The van der Waals surface area contributed by atoms with Gasteiger partial charge in [0.2, 0.25) is 5.91 Å². The van der Waals surface area contributed by atoms with Crippen molar-refractivity contribution in [3.8, 4) is 0 Å². The molecule has 138 valence electrons. The highest BCUT2D eigenvalue weighted by atomic mass is 35.5. The first-order chi connectivity index (χ1) is 11.7. The van der Waals surface area contributed by atoms with Crippen molar-refractivity contribution in [2.45, 2.75) is 38.8 Å². The molecule has 1 aromatic carbocycles. The van der Waals surface area contributed by atoms with Crippen molar-refractivity contribution in [3.05, 3.63) is 36.1 Å². The van der Waals surface area contributed by atoms with Gasteiger partial charge in [-0.1, -0.05) is 25.1 Å². The smallest absolute Gasteiger partial charge is 0.224 e. The van der Waals surface area contributed by atoms with Crippen LogP contribution >= 0.6 is 24.2 Å². The second kappa shape index (κ2) is 9.51. The second-order valence-corrected chi connectivity index (χ2v) is 7.53. The van der Waals surface area contributed by atoms with E-state index in [2.05, 4.69) is 25.2 Å². The van der Waals surface area contributed by atoms with Gasteiger partial charge in [-0.15, -0.1) is 12.4 Å². The average molecular weight is 383 g/mol. The summed E-state index contributed by atoms with van der Waals surface area (Å²) in [7, 11) is 0. The lowest BCUT2D eigenvalue weighted by atomic mass is 10.1.